The molecule has 1 aromatic heterocycles. The van der Waals surface area contributed by atoms with E-state index in [1.807, 2.05) is 40.8 Å². The SMILES string of the molecule is CCCCn1nc(C)c(/C=C/C(=O)N(Cc2ccccc2OC)CC2CCCO2)c1Cl. The average Bonchev–Trinajstić information content (AvgIpc) is 3.38. The highest BCUT2D eigenvalue weighted by Crippen LogP contribution is 2.24. The Labute approximate surface area is 189 Å². The van der Waals surface area contributed by atoms with E-state index in [1.165, 1.54) is 0 Å². The Morgan fingerprint density at radius 1 is 1.42 bits per heavy atom. The van der Waals surface area contributed by atoms with Gasteiger partial charge in [-0.25, -0.2) is 0 Å². The van der Waals surface area contributed by atoms with Crippen molar-refractivity contribution < 1.29 is 14.3 Å². The van der Waals surface area contributed by atoms with Crippen molar-refractivity contribution >= 4 is 23.6 Å². The third kappa shape index (κ3) is 6.11. The van der Waals surface area contributed by atoms with Crippen LogP contribution in [0, 0.1) is 6.92 Å². The zero-order valence-corrected chi connectivity index (χ0v) is 19.4. The van der Waals surface area contributed by atoms with Crippen LogP contribution < -0.4 is 4.74 Å². The molecule has 1 atom stereocenters. The molecule has 1 fully saturated rings. The number of amides is 1. The lowest BCUT2D eigenvalue weighted by Crippen LogP contribution is -2.36. The number of hydrogen-bond acceptors (Lipinski definition) is 4. The molecule has 168 valence electrons. The maximum absolute atomic E-state index is 13.2. The number of aryl methyl sites for hydroxylation is 2. The molecular formula is C24H32ClN3O3. The molecule has 0 spiro atoms. The summed E-state index contributed by atoms with van der Waals surface area (Å²) in [4.78, 5) is 15.0. The summed E-state index contributed by atoms with van der Waals surface area (Å²) in [6, 6.07) is 7.77. The number of halogens is 1. The van der Waals surface area contributed by atoms with Gasteiger partial charge in [-0.05, 0) is 38.3 Å². The van der Waals surface area contributed by atoms with Crippen LogP contribution in [0.2, 0.25) is 5.15 Å². The summed E-state index contributed by atoms with van der Waals surface area (Å²) in [7, 11) is 1.64. The van der Waals surface area contributed by atoms with E-state index < -0.39 is 0 Å². The van der Waals surface area contributed by atoms with Crippen LogP contribution in [0.15, 0.2) is 30.3 Å². The molecule has 1 unspecified atom stereocenters. The Hall–Kier alpha value is -2.31. The van der Waals surface area contributed by atoms with Crippen LogP contribution in [-0.4, -0.2) is 47.0 Å². The van der Waals surface area contributed by atoms with Crippen LogP contribution in [-0.2, 0) is 22.6 Å². The lowest BCUT2D eigenvalue weighted by atomic mass is 10.1. The quantitative estimate of drug-likeness (QED) is 0.489. The first-order valence-corrected chi connectivity index (χ1v) is 11.3. The highest BCUT2D eigenvalue weighted by molar-refractivity contribution is 6.31. The predicted octanol–water partition coefficient (Wildman–Crippen LogP) is 4.87. The van der Waals surface area contributed by atoms with Crippen LogP contribution in [0.3, 0.4) is 0 Å². The molecule has 0 radical (unpaired) electrons. The molecule has 0 saturated carbocycles. The number of unbranched alkanes of at least 4 members (excludes halogenated alkanes) is 1. The maximum atomic E-state index is 13.2. The summed E-state index contributed by atoms with van der Waals surface area (Å²) in [5.74, 6) is 0.686. The molecule has 3 rings (SSSR count). The van der Waals surface area contributed by atoms with Crippen LogP contribution in [0.25, 0.3) is 6.08 Å². The zero-order chi connectivity index (χ0) is 22.2. The minimum Gasteiger partial charge on any atom is -0.496 e. The van der Waals surface area contributed by atoms with Gasteiger partial charge < -0.3 is 14.4 Å². The molecule has 0 N–H and O–H groups in total. The first-order chi connectivity index (χ1) is 15.0. The van der Waals surface area contributed by atoms with Crippen LogP contribution in [0.4, 0.5) is 0 Å². The molecule has 2 aromatic rings. The van der Waals surface area contributed by atoms with Crippen molar-refractivity contribution in [2.45, 2.75) is 58.7 Å². The van der Waals surface area contributed by atoms with Crippen molar-refractivity contribution in [3.8, 4) is 5.75 Å². The number of benzene rings is 1. The largest absolute Gasteiger partial charge is 0.496 e. The number of carbonyl (C=O) groups is 1. The van der Waals surface area contributed by atoms with Gasteiger partial charge in [0.2, 0.25) is 5.91 Å². The highest BCUT2D eigenvalue weighted by Gasteiger charge is 2.23. The fourth-order valence-electron chi connectivity index (χ4n) is 3.78. The van der Waals surface area contributed by atoms with Crippen molar-refractivity contribution in [2.24, 2.45) is 0 Å². The van der Waals surface area contributed by atoms with Gasteiger partial charge in [-0.15, -0.1) is 0 Å². The molecule has 1 aromatic carbocycles. The molecule has 1 amide bonds. The second-order valence-corrected chi connectivity index (χ2v) is 8.22. The van der Waals surface area contributed by atoms with Crippen molar-refractivity contribution in [2.75, 3.05) is 20.3 Å². The summed E-state index contributed by atoms with van der Waals surface area (Å²) < 4.78 is 13.1. The molecule has 0 bridgehead atoms. The maximum Gasteiger partial charge on any atom is 0.246 e. The van der Waals surface area contributed by atoms with Gasteiger partial charge in [0.15, 0.2) is 0 Å². The van der Waals surface area contributed by atoms with Crippen molar-refractivity contribution in [3.05, 3.63) is 52.3 Å². The van der Waals surface area contributed by atoms with Gasteiger partial charge in [-0.1, -0.05) is 43.1 Å². The third-order valence-electron chi connectivity index (χ3n) is 5.54. The van der Waals surface area contributed by atoms with Crippen LogP contribution in [0.5, 0.6) is 5.75 Å². The average molecular weight is 446 g/mol. The van der Waals surface area contributed by atoms with E-state index in [0.717, 1.165) is 61.4 Å². The standard InChI is InChI=1S/C24H32ClN3O3/c1-4-5-14-28-24(25)21(18(2)26-28)12-13-23(29)27(17-20-10-8-15-31-20)16-19-9-6-7-11-22(19)30-3/h6-7,9,11-13,20H,4-5,8,10,14-17H2,1-3H3/b13-12+. The smallest absolute Gasteiger partial charge is 0.246 e. The fourth-order valence-corrected chi connectivity index (χ4v) is 4.10. The molecular weight excluding hydrogens is 414 g/mol. The number of hydrogen-bond donors (Lipinski definition) is 0. The van der Waals surface area contributed by atoms with Crippen LogP contribution >= 0.6 is 11.6 Å². The summed E-state index contributed by atoms with van der Waals surface area (Å²) in [5.41, 5.74) is 2.58. The number of ether oxygens (including phenoxy) is 2. The first-order valence-electron chi connectivity index (χ1n) is 11.0. The van der Waals surface area contributed by atoms with Crippen molar-refractivity contribution in [1.29, 1.82) is 0 Å². The zero-order valence-electron chi connectivity index (χ0n) is 18.6. The molecule has 2 heterocycles. The fraction of sp³-hybridized carbons (Fsp3) is 0.500. The van der Waals surface area contributed by atoms with Crippen molar-refractivity contribution in [1.82, 2.24) is 14.7 Å². The molecule has 1 aliphatic heterocycles. The second-order valence-electron chi connectivity index (χ2n) is 7.87. The van der Waals surface area contributed by atoms with E-state index in [1.54, 1.807) is 19.3 Å². The van der Waals surface area contributed by atoms with Gasteiger partial charge in [-0.2, -0.15) is 5.10 Å². The summed E-state index contributed by atoms with van der Waals surface area (Å²) in [5, 5.41) is 5.09. The lowest BCUT2D eigenvalue weighted by Gasteiger charge is -2.25. The summed E-state index contributed by atoms with van der Waals surface area (Å²) in [6.45, 7) is 6.57. The highest BCUT2D eigenvalue weighted by atomic mass is 35.5. The monoisotopic (exact) mass is 445 g/mol. The van der Waals surface area contributed by atoms with E-state index in [-0.39, 0.29) is 12.0 Å². The number of rotatable bonds is 10. The Morgan fingerprint density at radius 3 is 2.94 bits per heavy atom. The van der Waals surface area contributed by atoms with E-state index in [2.05, 4.69) is 12.0 Å². The Bertz CT molecular complexity index is 903. The lowest BCUT2D eigenvalue weighted by molar-refractivity contribution is -0.128. The number of methoxy groups -OCH3 is 1. The molecule has 31 heavy (non-hydrogen) atoms. The molecule has 0 aliphatic carbocycles. The first kappa shape index (κ1) is 23.4. The Balaban J connectivity index is 1.78. The predicted molar refractivity (Wildman–Crippen MR) is 123 cm³/mol. The number of nitrogens with zero attached hydrogens (tertiary/aromatic N) is 3. The van der Waals surface area contributed by atoms with Crippen LogP contribution in [0.1, 0.15) is 49.4 Å². The minimum atomic E-state index is -0.0850. The molecule has 7 heteroatoms. The Kier molecular flexibility index (Phi) is 8.55. The van der Waals surface area contributed by atoms with Gasteiger partial charge in [-0.3, -0.25) is 9.48 Å². The van der Waals surface area contributed by atoms with Gasteiger partial charge in [0.1, 0.15) is 10.9 Å². The summed E-state index contributed by atoms with van der Waals surface area (Å²) in [6.07, 6.45) is 7.51. The normalized spacial score (nSPS) is 16.2. The topological polar surface area (TPSA) is 56.6 Å². The Morgan fingerprint density at radius 2 is 2.23 bits per heavy atom. The van der Waals surface area contributed by atoms with Gasteiger partial charge >= 0.3 is 0 Å². The molecule has 6 nitrogen and oxygen atoms in total. The van der Waals surface area contributed by atoms with E-state index in [0.29, 0.717) is 18.2 Å². The van der Waals surface area contributed by atoms with E-state index in [4.69, 9.17) is 21.1 Å². The third-order valence-corrected chi connectivity index (χ3v) is 5.94. The van der Waals surface area contributed by atoms with Gasteiger partial charge in [0.25, 0.3) is 0 Å². The minimum absolute atomic E-state index is 0.0641. The number of para-hydroxylation sites is 1. The second kappa shape index (κ2) is 11.3. The molecule has 1 aliphatic rings. The van der Waals surface area contributed by atoms with E-state index >= 15 is 0 Å². The van der Waals surface area contributed by atoms with Gasteiger partial charge in [0, 0.05) is 43.4 Å². The van der Waals surface area contributed by atoms with Crippen molar-refractivity contribution in [3.63, 3.8) is 0 Å². The molecule has 1 saturated heterocycles. The number of carbonyl (C=O) groups excluding carboxylic acids is 1. The van der Waals surface area contributed by atoms with Gasteiger partial charge in [0.05, 0.1) is 18.9 Å². The number of aromatic nitrogens is 2. The van der Waals surface area contributed by atoms with E-state index in [9.17, 15) is 4.79 Å². The summed E-state index contributed by atoms with van der Waals surface area (Å²) >= 11 is 6.52.